The largest absolute Gasteiger partial charge is 0.384 e. The Labute approximate surface area is 186 Å². The van der Waals surface area contributed by atoms with Crippen molar-refractivity contribution >= 4 is 23.3 Å². The van der Waals surface area contributed by atoms with E-state index < -0.39 is 0 Å². The van der Waals surface area contributed by atoms with Gasteiger partial charge in [0.25, 0.3) is 5.91 Å². The minimum absolute atomic E-state index is 0.0261. The normalized spacial score (nSPS) is 13.0. The number of pyridine rings is 1. The molecule has 1 aliphatic heterocycles. The van der Waals surface area contributed by atoms with Crippen LogP contribution in [-0.2, 0) is 6.42 Å². The van der Waals surface area contributed by atoms with Gasteiger partial charge in [-0.25, -0.2) is 15.0 Å². The van der Waals surface area contributed by atoms with Gasteiger partial charge in [0.1, 0.15) is 12.1 Å². The van der Waals surface area contributed by atoms with Crippen molar-refractivity contribution in [3.8, 4) is 23.1 Å². The van der Waals surface area contributed by atoms with E-state index in [9.17, 15) is 4.79 Å². The summed E-state index contributed by atoms with van der Waals surface area (Å²) in [6.07, 6.45) is 5.94. The molecule has 0 radical (unpaired) electrons. The average molecular weight is 432 g/mol. The topological polar surface area (TPSA) is 85.0 Å². The first kappa shape index (κ1) is 20.8. The molecule has 1 amide bonds. The van der Waals surface area contributed by atoms with E-state index in [2.05, 4.69) is 26.8 Å². The highest BCUT2D eigenvalue weighted by molar-refractivity contribution is 6.34. The zero-order chi connectivity index (χ0) is 21.8. The standard InChI is InChI=1S/C24H22ClN5O/c1-2-21-19(8-5-16-6-10-22(26)27-14-16)23(29-15-28-21)17-7-9-18(20(25)13-17)24(31)30-11-3-4-12-30/h6-7,9-10,13-15H,2-4,11-12H2,1H3,(H2,26,27). The third kappa shape index (κ3) is 4.52. The van der Waals surface area contributed by atoms with Crippen LogP contribution in [0.2, 0.25) is 5.02 Å². The van der Waals surface area contributed by atoms with Crippen molar-refractivity contribution < 1.29 is 4.79 Å². The van der Waals surface area contributed by atoms with Crippen LogP contribution < -0.4 is 5.73 Å². The third-order valence-corrected chi connectivity index (χ3v) is 5.56. The van der Waals surface area contributed by atoms with Gasteiger partial charge in [-0.3, -0.25) is 4.79 Å². The lowest BCUT2D eigenvalue weighted by atomic mass is 10.0. The summed E-state index contributed by atoms with van der Waals surface area (Å²) in [5.41, 5.74) is 9.96. The maximum atomic E-state index is 12.7. The van der Waals surface area contributed by atoms with Gasteiger partial charge in [-0.15, -0.1) is 0 Å². The first-order valence-corrected chi connectivity index (χ1v) is 10.6. The molecule has 0 spiro atoms. The van der Waals surface area contributed by atoms with Gasteiger partial charge in [0.15, 0.2) is 0 Å². The van der Waals surface area contributed by atoms with Crippen LogP contribution >= 0.6 is 11.6 Å². The molecule has 0 saturated carbocycles. The van der Waals surface area contributed by atoms with E-state index in [-0.39, 0.29) is 5.91 Å². The number of halogens is 1. The van der Waals surface area contributed by atoms with Gasteiger partial charge in [0.2, 0.25) is 0 Å². The van der Waals surface area contributed by atoms with E-state index in [1.807, 2.05) is 24.0 Å². The number of likely N-dealkylation sites (tertiary alicyclic amines) is 1. The summed E-state index contributed by atoms with van der Waals surface area (Å²) >= 11 is 6.52. The van der Waals surface area contributed by atoms with Crippen LogP contribution in [0.1, 0.15) is 46.9 Å². The van der Waals surface area contributed by atoms with Crippen molar-refractivity contribution in [3.05, 3.63) is 70.3 Å². The Balaban J connectivity index is 1.72. The Kier molecular flexibility index (Phi) is 6.15. The summed E-state index contributed by atoms with van der Waals surface area (Å²) in [4.78, 5) is 27.5. The highest BCUT2D eigenvalue weighted by Gasteiger charge is 2.22. The molecular formula is C24H22ClN5O. The molecule has 0 aliphatic carbocycles. The zero-order valence-corrected chi connectivity index (χ0v) is 18.0. The van der Waals surface area contributed by atoms with Gasteiger partial charge in [0, 0.05) is 30.4 Å². The maximum absolute atomic E-state index is 12.7. The third-order valence-electron chi connectivity index (χ3n) is 5.25. The van der Waals surface area contributed by atoms with Crippen LogP contribution in [0.4, 0.5) is 5.82 Å². The molecule has 3 aromatic rings. The molecule has 1 aromatic carbocycles. The molecular weight excluding hydrogens is 410 g/mol. The fourth-order valence-corrected chi connectivity index (χ4v) is 3.84. The van der Waals surface area contributed by atoms with Gasteiger partial charge >= 0.3 is 0 Å². The van der Waals surface area contributed by atoms with Crippen molar-refractivity contribution in [3.63, 3.8) is 0 Å². The molecule has 4 rings (SSSR count). The summed E-state index contributed by atoms with van der Waals surface area (Å²) in [7, 11) is 0. The molecule has 1 saturated heterocycles. The highest BCUT2D eigenvalue weighted by atomic mass is 35.5. The van der Waals surface area contributed by atoms with E-state index in [1.165, 1.54) is 6.33 Å². The van der Waals surface area contributed by atoms with E-state index >= 15 is 0 Å². The fraction of sp³-hybridized carbons (Fsp3) is 0.250. The minimum Gasteiger partial charge on any atom is -0.384 e. The smallest absolute Gasteiger partial charge is 0.255 e. The lowest BCUT2D eigenvalue weighted by molar-refractivity contribution is 0.0793. The highest BCUT2D eigenvalue weighted by Crippen LogP contribution is 2.29. The second-order valence-electron chi connectivity index (χ2n) is 7.31. The number of carbonyl (C=O) groups excluding carboxylic acids is 1. The molecule has 31 heavy (non-hydrogen) atoms. The Bertz CT molecular complexity index is 1170. The molecule has 1 fully saturated rings. The second-order valence-corrected chi connectivity index (χ2v) is 7.72. The summed E-state index contributed by atoms with van der Waals surface area (Å²) in [6.45, 7) is 3.58. The van der Waals surface area contributed by atoms with Crippen LogP contribution in [0.3, 0.4) is 0 Å². The first-order chi connectivity index (χ1) is 15.1. The fourth-order valence-electron chi connectivity index (χ4n) is 3.58. The van der Waals surface area contributed by atoms with Gasteiger partial charge in [-0.05, 0) is 43.5 Å². The lowest BCUT2D eigenvalue weighted by Gasteiger charge is -2.16. The Morgan fingerprint density at radius 2 is 1.94 bits per heavy atom. The van der Waals surface area contributed by atoms with Crippen molar-refractivity contribution in [2.75, 3.05) is 18.8 Å². The maximum Gasteiger partial charge on any atom is 0.255 e. The van der Waals surface area contributed by atoms with Gasteiger partial charge in [0.05, 0.1) is 27.5 Å². The number of anilines is 1. The Hall–Kier alpha value is -3.43. The van der Waals surface area contributed by atoms with Crippen molar-refractivity contribution in [2.45, 2.75) is 26.2 Å². The van der Waals surface area contributed by atoms with Gasteiger partial charge < -0.3 is 10.6 Å². The van der Waals surface area contributed by atoms with E-state index in [4.69, 9.17) is 17.3 Å². The van der Waals surface area contributed by atoms with E-state index in [0.29, 0.717) is 28.5 Å². The number of benzene rings is 1. The number of rotatable bonds is 3. The molecule has 0 bridgehead atoms. The van der Waals surface area contributed by atoms with E-state index in [0.717, 1.165) is 48.3 Å². The minimum atomic E-state index is -0.0261. The van der Waals surface area contributed by atoms with Crippen LogP contribution in [-0.4, -0.2) is 38.8 Å². The number of amides is 1. The predicted octanol–water partition coefficient (Wildman–Crippen LogP) is 3.97. The molecule has 0 unspecified atom stereocenters. The number of nitrogens with two attached hydrogens (primary N) is 1. The van der Waals surface area contributed by atoms with Crippen molar-refractivity contribution in [1.82, 2.24) is 19.9 Å². The zero-order valence-electron chi connectivity index (χ0n) is 17.2. The summed E-state index contributed by atoms with van der Waals surface area (Å²) in [5, 5.41) is 0.410. The monoisotopic (exact) mass is 431 g/mol. The first-order valence-electron chi connectivity index (χ1n) is 10.2. The van der Waals surface area contributed by atoms with Gasteiger partial charge in [-0.2, -0.15) is 0 Å². The Morgan fingerprint density at radius 1 is 1.13 bits per heavy atom. The van der Waals surface area contributed by atoms with Crippen LogP contribution in [0.15, 0.2) is 42.9 Å². The second kappa shape index (κ2) is 9.15. The molecule has 3 heterocycles. The molecule has 7 heteroatoms. The molecule has 1 aliphatic rings. The number of hydrogen-bond acceptors (Lipinski definition) is 5. The average Bonchev–Trinajstić information content (AvgIpc) is 3.33. The number of nitrogens with zero attached hydrogens (tertiary/aromatic N) is 4. The summed E-state index contributed by atoms with van der Waals surface area (Å²) in [6, 6.07) is 8.95. The van der Waals surface area contributed by atoms with Crippen molar-refractivity contribution in [1.29, 1.82) is 0 Å². The molecule has 6 nitrogen and oxygen atoms in total. The van der Waals surface area contributed by atoms with Crippen LogP contribution in [0.5, 0.6) is 0 Å². The number of aromatic nitrogens is 3. The quantitative estimate of drug-likeness (QED) is 0.634. The Morgan fingerprint density at radius 3 is 2.61 bits per heavy atom. The summed E-state index contributed by atoms with van der Waals surface area (Å²) in [5.74, 6) is 6.73. The predicted molar refractivity (Wildman–Crippen MR) is 122 cm³/mol. The lowest BCUT2D eigenvalue weighted by Crippen LogP contribution is -2.27. The SMILES string of the molecule is CCc1ncnc(-c2ccc(C(=O)N3CCCC3)c(Cl)c2)c1C#Cc1ccc(N)nc1. The number of aryl methyl sites for hydroxylation is 1. The van der Waals surface area contributed by atoms with Crippen molar-refractivity contribution in [2.24, 2.45) is 0 Å². The van der Waals surface area contributed by atoms with Gasteiger partial charge in [-0.1, -0.05) is 36.4 Å². The molecule has 2 N–H and O–H groups in total. The van der Waals surface area contributed by atoms with E-state index in [1.54, 1.807) is 24.4 Å². The molecule has 0 atom stereocenters. The number of nitrogen functional groups attached to an aromatic ring is 1. The van der Waals surface area contributed by atoms with Crippen LogP contribution in [0, 0.1) is 11.8 Å². The number of carbonyl (C=O) groups is 1. The molecule has 2 aromatic heterocycles. The molecule has 156 valence electrons. The number of hydrogen-bond donors (Lipinski definition) is 1. The summed E-state index contributed by atoms with van der Waals surface area (Å²) < 4.78 is 0. The van der Waals surface area contributed by atoms with Crippen LogP contribution in [0.25, 0.3) is 11.3 Å².